The third-order valence-corrected chi connectivity index (χ3v) is 3.17. The van der Waals surface area contributed by atoms with Gasteiger partial charge in [0.15, 0.2) is 0 Å². The third kappa shape index (κ3) is 2.53. The minimum absolute atomic E-state index is 0.126. The van der Waals surface area contributed by atoms with Gasteiger partial charge in [-0.3, -0.25) is 4.98 Å². The Morgan fingerprint density at radius 3 is 2.95 bits per heavy atom. The number of aryl methyl sites for hydroxylation is 1. The van der Waals surface area contributed by atoms with Crippen LogP contribution >= 0.6 is 0 Å². The summed E-state index contributed by atoms with van der Waals surface area (Å²) in [5.74, 6) is 1.13. The fourth-order valence-corrected chi connectivity index (χ4v) is 2.10. The summed E-state index contributed by atoms with van der Waals surface area (Å²) in [6.45, 7) is 1.96. The number of hydrogen-bond donors (Lipinski definition) is 1. The van der Waals surface area contributed by atoms with Crippen molar-refractivity contribution in [2.24, 2.45) is 5.73 Å². The van der Waals surface area contributed by atoms with E-state index in [4.69, 9.17) is 10.3 Å². The Hall–Kier alpha value is -2.27. The van der Waals surface area contributed by atoms with Gasteiger partial charge in [-0.2, -0.15) is 4.98 Å². The van der Waals surface area contributed by atoms with E-state index < -0.39 is 0 Å². The van der Waals surface area contributed by atoms with E-state index >= 15 is 0 Å². The molecule has 2 N–H and O–H groups in total. The summed E-state index contributed by atoms with van der Waals surface area (Å²) in [4.78, 5) is 8.78. The summed E-state index contributed by atoms with van der Waals surface area (Å²) in [5.41, 5.74) is 6.48. The Balaban J connectivity index is 1.95. The summed E-state index contributed by atoms with van der Waals surface area (Å²) in [6.07, 6.45) is 3.27. The molecule has 2 aromatic heterocycles. The van der Waals surface area contributed by atoms with Gasteiger partial charge < -0.3 is 10.3 Å². The van der Waals surface area contributed by atoms with Crippen molar-refractivity contribution in [3.05, 3.63) is 42.4 Å². The Labute approximate surface area is 116 Å². The van der Waals surface area contributed by atoms with Crippen LogP contribution in [0.4, 0.5) is 0 Å². The molecule has 102 valence electrons. The second kappa shape index (κ2) is 5.38. The van der Waals surface area contributed by atoms with Gasteiger partial charge >= 0.3 is 0 Å². The smallest absolute Gasteiger partial charge is 0.227 e. The van der Waals surface area contributed by atoms with Gasteiger partial charge in [-0.15, -0.1) is 0 Å². The first kappa shape index (κ1) is 12.7. The zero-order valence-electron chi connectivity index (χ0n) is 11.3. The molecule has 0 aliphatic carbocycles. The van der Waals surface area contributed by atoms with Crippen molar-refractivity contribution in [2.75, 3.05) is 0 Å². The first-order valence-electron chi connectivity index (χ1n) is 6.66. The summed E-state index contributed by atoms with van der Waals surface area (Å²) in [7, 11) is 0. The van der Waals surface area contributed by atoms with Crippen molar-refractivity contribution in [2.45, 2.75) is 25.8 Å². The maximum Gasteiger partial charge on any atom is 0.227 e. The molecule has 0 radical (unpaired) electrons. The van der Waals surface area contributed by atoms with E-state index in [2.05, 4.69) is 15.1 Å². The van der Waals surface area contributed by atoms with Crippen molar-refractivity contribution in [3.8, 4) is 11.5 Å². The van der Waals surface area contributed by atoms with Gasteiger partial charge in [0.05, 0.1) is 0 Å². The summed E-state index contributed by atoms with van der Waals surface area (Å²) >= 11 is 0. The van der Waals surface area contributed by atoms with Crippen LogP contribution in [0.25, 0.3) is 22.3 Å². The van der Waals surface area contributed by atoms with Gasteiger partial charge in [-0.1, -0.05) is 29.4 Å². The van der Waals surface area contributed by atoms with E-state index in [1.54, 1.807) is 6.20 Å². The van der Waals surface area contributed by atoms with E-state index in [0.717, 1.165) is 22.9 Å². The number of rotatable bonds is 4. The van der Waals surface area contributed by atoms with Crippen LogP contribution in [-0.2, 0) is 6.42 Å². The molecule has 0 spiro atoms. The highest BCUT2D eigenvalue weighted by atomic mass is 16.5. The lowest BCUT2D eigenvalue weighted by molar-refractivity contribution is 0.372. The lowest BCUT2D eigenvalue weighted by atomic mass is 10.1. The second-order valence-electron chi connectivity index (χ2n) is 4.91. The zero-order valence-corrected chi connectivity index (χ0v) is 11.3. The molecule has 5 nitrogen and oxygen atoms in total. The lowest BCUT2D eigenvalue weighted by Crippen LogP contribution is -2.15. The van der Waals surface area contributed by atoms with E-state index in [0.29, 0.717) is 18.1 Å². The quantitative estimate of drug-likeness (QED) is 0.786. The molecule has 0 aliphatic heterocycles. The standard InChI is InChI=1S/C15H16N4O/c1-10(16)6-7-13-18-15(19-20-13)14-12-5-3-2-4-11(12)8-9-17-14/h2-5,8-10H,6-7,16H2,1H3. The molecule has 5 heteroatoms. The Morgan fingerprint density at radius 1 is 1.25 bits per heavy atom. The van der Waals surface area contributed by atoms with Crippen LogP contribution < -0.4 is 5.73 Å². The molecule has 0 saturated heterocycles. The van der Waals surface area contributed by atoms with Crippen LogP contribution in [-0.4, -0.2) is 21.2 Å². The molecule has 0 amide bonds. The minimum atomic E-state index is 0.126. The molecule has 0 saturated carbocycles. The molecule has 0 bridgehead atoms. The van der Waals surface area contributed by atoms with Gasteiger partial charge in [0.2, 0.25) is 11.7 Å². The van der Waals surface area contributed by atoms with Crippen LogP contribution in [0.15, 0.2) is 41.1 Å². The largest absolute Gasteiger partial charge is 0.339 e. The molecule has 3 aromatic rings. The maximum atomic E-state index is 5.73. The molecule has 0 fully saturated rings. The van der Waals surface area contributed by atoms with E-state index in [-0.39, 0.29) is 6.04 Å². The second-order valence-corrected chi connectivity index (χ2v) is 4.91. The summed E-state index contributed by atoms with van der Waals surface area (Å²) in [5, 5.41) is 6.16. The molecule has 1 unspecified atom stereocenters. The Bertz CT molecular complexity index is 715. The third-order valence-electron chi connectivity index (χ3n) is 3.17. The van der Waals surface area contributed by atoms with Gasteiger partial charge in [0.1, 0.15) is 5.69 Å². The average molecular weight is 268 g/mol. The van der Waals surface area contributed by atoms with Crippen molar-refractivity contribution >= 4 is 10.8 Å². The fraction of sp³-hybridized carbons (Fsp3) is 0.267. The first-order chi connectivity index (χ1) is 9.74. The van der Waals surface area contributed by atoms with Crippen LogP contribution in [0.2, 0.25) is 0 Å². The maximum absolute atomic E-state index is 5.73. The minimum Gasteiger partial charge on any atom is -0.339 e. The number of hydrogen-bond acceptors (Lipinski definition) is 5. The number of fused-ring (bicyclic) bond motifs is 1. The lowest BCUT2D eigenvalue weighted by Gasteiger charge is -2.01. The van der Waals surface area contributed by atoms with Crippen molar-refractivity contribution in [1.29, 1.82) is 0 Å². The molecular formula is C15H16N4O. The van der Waals surface area contributed by atoms with E-state index in [1.165, 1.54) is 0 Å². The van der Waals surface area contributed by atoms with Crippen LogP contribution in [0.5, 0.6) is 0 Å². The molecule has 1 aromatic carbocycles. The number of nitrogens with zero attached hydrogens (tertiary/aromatic N) is 3. The van der Waals surface area contributed by atoms with Gasteiger partial charge in [0.25, 0.3) is 0 Å². The highest BCUT2D eigenvalue weighted by Crippen LogP contribution is 2.24. The molecule has 20 heavy (non-hydrogen) atoms. The summed E-state index contributed by atoms with van der Waals surface area (Å²) < 4.78 is 5.26. The average Bonchev–Trinajstić information content (AvgIpc) is 2.93. The zero-order chi connectivity index (χ0) is 13.9. The molecule has 2 heterocycles. The number of nitrogens with two attached hydrogens (primary N) is 1. The fourth-order valence-electron chi connectivity index (χ4n) is 2.10. The molecule has 0 aliphatic rings. The topological polar surface area (TPSA) is 77.8 Å². The van der Waals surface area contributed by atoms with Crippen molar-refractivity contribution in [3.63, 3.8) is 0 Å². The SMILES string of the molecule is CC(N)CCc1nc(-c2nccc3ccccc23)no1. The van der Waals surface area contributed by atoms with Gasteiger partial charge in [-0.05, 0) is 24.8 Å². The highest BCUT2D eigenvalue weighted by Gasteiger charge is 2.13. The van der Waals surface area contributed by atoms with Crippen LogP contribution in [0.1, 0.15) is 19.2 Å². The predicted octanol–water partition coefficient (Wildman–Crippen LogP) is 2.56. The summed E-state index contributed by atoms with van der Waals surface area (Å²) in [6, 6.07) is 10.1. The van der Waals surface area contributed by atoms with E-state index in [9.17, 15) is 0 Å². The van der Waals surface area contributed by atoms with Crippen LogP contribution in [0.3, 0.4) is 0 Å². The molecular weight excluding hydrogens is 252 g/mol. The number of pyridine rings is 1. The molecule has 1 atom stereocenters. The first-order valence-corrected chi connectivity index (χ1v) is 6.66. The van der Waals surface area contributed by atoms with E-state index in [1.807, 2.05) is 37.3 Å². The monoisotopic (exact) mass is 268 g/mol. The number of aromatic nitrogens is 3. The van der Waals surface area contributed by atoms with Gasteiger partial charge in [0, 0.05) is 24.0 Å². The van der Waals surface area contributed by atoms with Crippen LogP contribution in [0, 0.1) is 0 Å². The molecule has 3 rings (SSSR count). The number of benzene rings is 1. The Kier molecular flexibility index (Phi) is 3.43. The predicted molar refractivity (Wildman–Crippen MR) is 77.0 cm³/mol. The van der Waals surface area contributed by atoms with Crippen molar-refractivity contribution in [1.82, 2.24) is 15.1 Å². The van der Waals surface area contributed by atoms with Gasteiger partial charge in [-0.25, -0.2) is 0 Å². The highest BCUT2D eigenvalue weighted by molar-refractivity contribution is 5.92. The normalized spacial score (nSPS) is 12.7. The van der Waals surface area contributed by atoms with Crippen molar-refractivity contribution < 1.29 is 4.52 Å². The Morgan fingerprint density at radius 2 is 2.10 bits per heavy atom.